The predicted molar refractivity (Wildman–Crippen MR) is 185 cm³/mol. The molecule has 2 atom stereocenters. The Morgan fingerprint density at radius 2 is 1.38 bits per heavy atom. The number of ether oxygens (including phenoxy) is 2. The van der Waals surface area contributed by atoms with Gasteiger partial charge in [-0.05, 0) is 35.2 Å². The zero-order chi connectivity index (χ0) is 32.8. The van der Waals surface area contributed by atoms with E-state index >= 15 is 0 Å². The van der Waals surface area contributed by atoms with Gasteiger partial charge in [-0.3, -0.25) is 4.79 Å². The minimum Gasteiger partial charge on any atom is -0.449 e. The molecule has 0 spiro atoms. The van der Waals surface area contributed by atoms with Gasteiger partial charge in [0.15, 0.2) is 5.60 Å². The number of hydrogen-bond donors (Lipinski definition) is 1. The smallest absolute Gasteiger partial charge is 0.407 e. The molecule has 1 aliphatic carbocycles. The number of carbonyl (C=O) groups excluding carboxylic acids is 2. The fourth-order valence-corrected chi connectivity index (χ4v) is 6.66. The second-order valence-corrected chi connectivity index (χ2v) is 12.1. The average molecular weight is 640 g/mol. The van der Waals surface area contributed by atoms with Crippen molar-refractivity contribution in [3.05, 3.63) is 166 Å². The maximum Gasteiger partial charge on any atom is 0.407 e. The molecule has 0 saturated heterocycles. The van der Waals surface area contributed by atoms with Gasteiger partial charge in [-0.1, -0.05) is 138 Å². The molecule has 0 aliphatic heterocycles. The molecule has 1 unspecified atom stereocenters. The fraction of sp³-hybridized carbons (Fsp3) is 0.171. The first-order valence-corrected chi connectivity index (χ1v) is 15.9. The second kappa shape index (κ2) is 14.0. The van der Waals surface area contributed by atoms with Crippen LogP contribution in [0.25, 0.3) is 11.1 Å². The van der Waals surface area contributed by atoms with Crippen molar-refractivity contribution in [3.63, 3.8) is 0 Å². The van der Waals surface area contributed by atoms with E-state index in [1.807, 2.05) is 104 Å². The van der Waals surface area contributed by atoms with Gasteiger partial charge in [0, 0.05) is 34.1 Å². The van der Waals surface area contributed by atoms with Crippen LogP contribution in [-0.4, -0.2) is 24.7 Å². The third-order valence-electron chi connectivity index (χ3n) is 8.60. The molecular weight excluding hydrogens is 606 g/mol. The van der Waals surface area contributed by atoms with Crippen molar-refractivity contribution in [1.29, 1.82) is 0 Å². The number of esters is 1. The maximum absolute atomic E-state index is 13.9. The van der Waals surface area contributed by atoms with Gasteiger partial charge in [0.2, 0.25) is 0 Å². The molecule has 1 N–H and O–H groups in total. The van der Waals surface area contributed by atoms with Gasteiger partial charge in [-0.15, -0.1) is 12.3 Å². The standard InChI is InChI=1S/C41H34ClNO4/c1-3-13-31(43-40(45)46-27-36-34-18-9-7-16-32(34)33-17-8-10-19-35(33)36)26-39(44)47-41(29-14-5-4-6-15-29,30-24-22-28(2)23-25-30)37-20-11-12-21-38(37)42/h1,4-12,14-25,31,36H,13,26-27H2,2H3,(H,43,45)/t31-,41?/m1/s1. The van der Waals surface area contributed by atoms with E-state index in [4.69, 9.17) is 27.5 Å². The van der Waals surface area contributed by atoms with E-state index < -0.39 is 23.7 Å². The molecule has 5 aromatic rings. The Bertz CT molecular complexity index is 1890. The number of aryl methyl sites for hydroxylation is 1. The molecule has 1 amide bonds. The Labute approximate surface area is 280 Å². The number of halogens is 1. The number of benzene rings is 5. The normalized spacial score (nSPS) is 13.7. The van der Waals surface area contributed by atoms with Crippen LogP contribution >= 0.6 is 11.6 Å². The van der Waals surface area contributed by atoms with Crippen LogP contribution in [0.5, 0.6) is 0 Å². The third kappa shape index (κ3) is 6.52. The fourth-order valence-electron chi connectivity index (χ4n) is 6.40. The monoisotopic (exact) mass is 639 g/mol. The number of fused-ring (bicyclic) bond motifs is 3. The summed E-state index contributed by atoms with van der Waals surface area (Å²) in [5.41, 5.74) is 6.26. The van der Waals surface area contributed by atoms with Crippen LogP contribution in [-0.2, 0) is 19.9 Å². The number of terminal acetylenes is 1. The summed E-state index contributed by atoms with van der Waals surface area (Å²) in [6, 6.07) is 40.2. The van der Waals surface area contributed by atoms with Crippen LogP contribution in [0.15, 0.2) is 127 Å². The van der Waals surface area contributed by atoms with Crippen molar-refractivity contribution >= 4 is 23.7 Å². The quantitative estimate of drug-likeness (QED) is 0.0942. The third-order valence-corrected chi connectivity index (χ3v) is 8.93. The highest BCUT2D eigenvalue weighted by Crippen LogP contribution is 2.45. The molecule has 234 valence electrons. The van der Waals surface area contributed by atoms with Gasteiger partial charge in [-0.25, -0.2) is 4.79 Å². The first-order valence-electron chi connectivity index (χ1n) is 15.5. The molecule has 0 radical (unpaired) electrons. The summed E-state index contributed by atoms with van der Waals surface area (Å²) >= 11 is 6.81. The lowest BCUT2D eigenvalue weighted by atomic mass is 9.79. The van der Waals surface area contributed by atoms with Gasteiger partial charge < -0.3 is 14.8 Å². The van der Waals surface area contributed by atoms with Crippen molar-refractivity contribution in [2.75, 3.05) is 6.61 Å². The Hall–Kier alpha value is -5.31. The van der Waals surface area contributed by atoms with Crippen molar-refractivity contribution in [3.8, 4) is 23.5 Å². The SMILES string of the molecule is C#CC[C@H](CC(=O)OC(c1ccccc1)(c1ccc(C)cc1)c1ccccc1Cl)NC(=O)OCC1c2ccccc2-c2ccccc21. The summed E-state index contributed by atoms with van der Waals surface area (Å²) in [6.45, 7) is 2.14. The number of nitrogens with one attached hydrogen (secondary N) is 1. The summed E-state index contributed by atoms with van der Waals surface area (Å²) < 4.78 is 12.3. The summed E-state index contributed by atoms with van der Waals surface area (Å²) in [4.78, 5) is 27.1. The van der Waals surface area contributed by atoms with E-state index in [-0.39, 0.29) is 25.4 Å². The highest BCUT2D eigenvalue weighted by atomic mass is 35.5. The average Bonchev–Trinajstić information content (AvgIpc) is 3.41. The highest BCUT2D eigenvalue weighted by molar-refractivity contribution is 6.31. The second-order valence-electron chi connectivity index (χ2n) is 11.6. The summed E-state index contributed by atoms with van der Waals surface area (Å²) in [6.07, 6.45) is 4.95. The van der Waals surface area contributed by atoms with Crippen molar-refractivity contribution < 1.29 is 19.1 Å². The predicted octanol–water partition coefficient (Wildman–Crippen LogP) is 8.80. The topological polar surface area (TPSA) is 64.6 Å². The van der Waals surface area contributed by atoms with E-state index in [2.05, 4.69) is 35.5 Å². The van der Waals surface area contributed by atoms with Gasteiger partial charge in [0.05, 0.1) is 12.5 Å². The number of amides is 1. The molecule has 47 heavy (non-hydrogen) atoms. The van der Waals surface area contributed by atoms with E-state index in [1.54, 1.807) is 6.07 Å². The van der Waals surface area contributed by atoms with Crippen LogP contribution < -0.4 is 5.32 Å². The molecule has 6 heteroatoms. The van der Waals surface area contributed by atoms with E-state index in [0.29, 0.717) is 10.6 Å². The van der Waals surface area contributed by atoms with Crippen LogP contribution in [0.4, 0.5) is 4.79 Å². The first-order chi connectivity index (χ1) is 22.9. The lowest BCUT2D eigenvalue weighted by Crippen LogP contribution is -2.40. The first kappa shape index (κ1) is 31.7. The number of rotatable bonds is 10. The molecule has 0 aromatic heterocycles. The molecule has 0 heterocycles. The molecule has 0 bridgehead atoms. The van der Waals surface area contributed by atoms with Crippen LogP contribution in [0.1, 0.15) is 52.1 Å². The molecule has 0 saturated carbocycles. The van der Waals surface area contributed by atoms with Gasteiger partial charge in [0.25, 0.3) is 0 Å². The Morgan fingerprint density at radius 3 is 2.02 bits per heavy atom. The molecule has 5 nitrogen and oxygen atoms in total. The molecule has 0 fully saturated rings. The van der Waals surface area contributed by atoms with Crippen molar-refractivity contribution in [1.82, 2.24) is 5.32 Å². The lowest BCUT2D eigenvalue weighted by molar-refractivity contribution is -0.154. The highest BCUT2D eigenvalue weighted by Gasteiger charge is 2.42. The number of carbonyl (C=O) groups is 2. The van der Waals surface area contributed by atoms with E-state index in [1.165, 1.54) is 0 Å². The molecule has 5 aromatic carbocycles. The molecular formula is C41H34ClNO4. The molecule has 6 rings (SSSR count). The Kier molecular flexibility index (Phi) is 9.42. The van der Waals surface area contributed by atoms with Crippen LogP contribution in [0, 0.1) is 19.3 Å². The van der Waals surface area contributed by atoms with Gasteiger partial charge in [-0.2, -0.15) is 0 Å². The van der Waals surface area contributed by atoms with E-state index in [0.717, 1.165) is 38.9 Å². The van der Waals surface area contributed by atoms with Crippen molar-refractivity contribution in [2.45, 2.75) is 37.3 Å². The van der Waals surface area contributed by atoms with Gasteiger partial charge in [0.1, 0.15) is 6.61 Å². The summed E-state index contributed by atoms with van der Waals surface area (Å²) in [7, 11) is 0. The number of hydrogen-bond acceptors (Lipinski definition) is 4. The zero-order valence-corrected chi connectivity index (χ0v) is 26.7. The zero-order valence-electron chi connectivity index (χ0n) is 26.0. The summed E-state index contributed by atoms with van der Waals surface area (Å²) in [5.74, 6) is 1.92. The number of alkyl carbamates (subject to hydrolysis) is 1. The van der Waals surface area contributed by atoms with Crippen LogP contribution in [0.2, 0.25) is 5.02 Å². The molecule has 1 aliphatic rings. The summed E-state index contributed by atoms with van der Waals surface area (Å²) in [5, 5.41) is 3.26. The maximum atomic E-state index is 13.9. The minimum atomic E-state index is -1.37. The lowest BCUT2D eigenvalue weighted by Gasteiger charge is -2.36. The largest absolute Gasteiger partial charge is 0.449 e. The minimum absolute atomic E-state index is 0.0965. The van der Waals surface area contributed by atoms with Crippen LogP contribution in [0.3, 0.4) is 0 Å². The van der Waals surface area contributed by atoms with Crippen molar-refractivity contribution in [2.24, 2.45) is 0 Å². The Balaban J connectivity index is 1.23. The van der Waals surface area contributed by atoms with E-state index in [9.17, 15) is 9.59 Å². The van der Waals surface area contributed by atoms with Gasteiger partial charge >= 0.3 is 12.1 Å². The Morgan fingerprint density at radius 1 is 0.809 bits per heavy atom.